The summed E-state index contributed by atoms with van der Waals surface area (Å²) >= 11 is 3.55. The molecule has 1 aliphatic rings. The van der Waals surface area contributed by atoms with Gasteiger partial charge in [0.15, 0.2) is 0 Å². The number of nitrogens with zero attached hydrogens (tertiary/aromatic N) is 1. The zero-order valence-corrected chi connectivity index (χ0v) is 11.4. The van der Waals surface area contributed by atoms with Gasteiger partial charge in [-0.2, -0.15) is 0 Å². The van der Waals surface area contributed by atoms with Crippen LogP contribution >= 0.6 is 15.9 Å². The molecular weight excluding hydrogens is 282 g/mol. The van der Waals surface area contributed by atoms with E-state index < -0.39 is 0 Å². The Labute approximate surface area is 110 Å². The van der Waals surface area contributed by atoms with Crippen molar-refractivity contribution in [1.29, 1.82) is 0 Å². The van der Waals surface area contributed by atoms with Crippen molar-refractivity contribution in [3.8, 4) is 5.75 Å². The molecule has 3 nitrogen and oxygen atoms in total. The fraction of sp³-hybridized carbons (Fsp3) is 0.462. The molecule has 17 heavy (non-hydrogen) atoms. The Balaban J connectivity index is 1.95. The van der Waals surface area contributed by atoms with Crippen molar-refractivity contribution in [1.82, 2.24) is 4.90 Å². The van der Waals surface area contributed by atoms with Crippen molar-refractivity contribution in [2.45, 2.75) is 17.7 Å². The highest BCUT2D eigenvalue weighted by Gasteiger charge is 2.28. The Morgan fingerprint density at radius 1 is 1.53 bits per heavy atom. The summed E-state index contributed by atoms with van der Waals surface area (Å²) in [5.74, 6) is 0.706. The van der Waals surface area contributed by atoms with Crippen LogP contribution in [0.15, 0.2) is 24.3 Å². The normalized spacial score (nSPS) is 22.9. The fourth-order valence-electron chi connectivity index (χ4n) is 2.13. The topological polar surface area (TPSA) is 40.5 Å². The average molecular weight is 298 g/mol. The van der Waals surface area contributed by atoms with Crippen molar-refractivity contribution in [3.63, 3.8) is 0 Å². The molecule has 1 amide bonds. The average Bonchev–Trinajstić information content (AvgIpc) is 2.26. The molecule has 4 heteroatoms. The highest BCUT2D eigenvalue weighted by atomic mass is 79.9. The van der Waals surface area contributed by atoms with Crippen LogP contribution in [0.1, 0.15) is 23.2 Å². The summed E-state index contributed by atoms with van der Waals surface area (Å²) in [5.41, 5.74) is 0.544. The molecule has 1 aliphatic carbocycles. The number of hydrogen-bond acceptors (Lipinski definition) is 2. The molecule has 1 aromatic carbocycles. The molecule has 0 saturated heterocycles. The summed E-state index contributed by atoms with van der Waals surface area (Å²) in [7, 11) is 1.81. The van der Waals surface area contributed by atoms with Gasteiger partial charge in [0.2, 0.25) is 0 Å². The Kier molecular flexibility index (Phi) is 3.72. The van der Waals surface area contributed by atoms with Gasteiger partial charge in [-0.25, -0.2) is 0 Å². The molecule has 0 aliphatic heterocycles. The van der Waals surface area contributed by atoms with E-state index in [0.29, 0.717) is 16.3 Å². The van der Waals surface area contributed by atoms with Crippen LogP contribution in [0.2, 0.25) is 0 Å². The number of carbonyl (C=O) groups excluding carboxylic acids is 1. The smallest absolute Gasteiger partial charge is 0.253 e. The van der Waals surface area contributed by atoms with Gasteiger partial charge in [-0.1, -0.05) is 22.0 Å². The lowest BCUT2D eigenvalue weighted by molar-refractivity contribution is 0.0748. The van der Waals surface area contributed by atoms with Gasteiger partial charge in [0, 0.05) is 24.0 Å². The lowest BCUT2D eigenvalue weighted by Crippen LogP contribution is -2.37. The maximum atomic E-state index is 12.1. The molecule has 1 saturated carbocycles. The van der Waals surface area contributed by atoms with Crippen LogP contribution in [0.3, 0.4) is 0 Å². The Morgan fingerprint density at radius 2 is 2.24 bits per heavy atom. The maximum absolute atomic E-state index is 12.1. The number of alkyl halides is 1. The van der Waals surface area contributed by atoms with E-state index in [1.807, 2.05) is 7.05 Å². The van der Waals surface area contributed by atoms with E-state index in [4.69, 9.17) is 0 Å². The molecule has 0 unspecified atom stereocenters. The van der Waals surface area contributed by atoms with Gasteiger partial charge in [-0.05, 0) is 37.0 Å². The van der Waals surface area contributed by atoms with Gasteiger partial charge >= 0.3 is 0 Å². The largest absolute Gasteiger partial charge is 0.508 e. The molecule has 1 N–H and O–H groups in total. The molecule has 0 spiro atoms. The second-order valence-corrected chi connectivity index (χ2v) is 5.97. The van der Waals surface area contributed by atoms with Crippen molar-refractivity contribution in [2.75, 3.05) is 13.6 Å². The standard InChI is InChI=1S/C13H16BrNO2/c1-15(8-9-5-11(14)6-9)13(17)10-3-2-4-12(16)7-10/h2-4,7,9,11,16H,5-6,8H2,1H3. The highest BCUT2D eigenvalue weighted by molar-refractivity contribution is 9.09. The summed E-state index contributed by atoms with van der Waals surface area (Å²) in [6.07, 6.45) is 2.27. The first-order chi connectivity index (χ1) is 8.06. The van der Waals surface area contributed by atoms with Gasteiger partial charge in [0.25, 0.3) is 5.91 Å². The number of halogens is 1. The molecule has 0 heterocycles. The number of rotatable bonds is 3. The first kappa shape index (κ1) is 12.4. The second kappa shape index (κ2) is 5.08. The second-order valence-electron chi connectivity index (χ2n) is 4.67. The lowest BCUT2D eigenvalue weighted by atomic mass is 9.85. The Bertz CT molecular complexity index is 416. The van der Waals surface area contributed by atoms with E-state index >= 15 is 0 Å². The molecule has 1 aromatic rings. The van der Waals surface area contributed by atoms with Crippen molar-refractivity contribution in [3.05, 3.63) is 29.8 Å². The third-order valence-corrected chi connectivity index (χ3v) is 3.90. The van der Waals surface area contributed by atoms with E-state index in [9.17, 15) is 9.90 Å². The molecule has 92 valence electrons. The Morgan fingerprint density at radius 3 is 2.82 bits per heavy atom. The van der Waals surface area contributed by atoms with Gasteiger partial charge < -0.3 is 10.0 Å². The summed E-state index contributed by atoms with van der Waals surface area (Å²) in [6, 6.07) is 6.49. The van der Waals surface area contributed by atoms with E-state index in [1.165, 1.54) is 6.07 Å². The zero-order chi connectivity index (χ0) is 12.4. The minimum absolute atomic E-state index is 0.0288. The monoisotopic (exact) mass is 297 g/mol. The van der Waals surface area contributed by atoms with Crippen LogP contribution in [0.5, 0.6) is 5.75 Å². The minimum atomic E-state index is -0.0288. The molecule has 0 atom stereocenters. The summed E-state index contributed by atoms with van der Waals surface area (Å²) < 4.78 is 0. The summed E-state index contributed by atoms with van der Waals surface area (Å²) in [4.78, 5) is 14.4. The lowest BCUT2D eigenvalue weighted by Gasteiger charge is -2.34. The number of benzene rings is 1. The van der Waals surface area contributed by atoms with Crippen LogP contribution in [0, 0.1) is 5.92 Å². The first-order valence-corrected chi connectivity index (χ1v) is 6.66. The quantitative estimate of drug-likeness (QED) is 0.872. The van der Waals surface area contributed by atoms with E-state index in [0.717, 1.165) is 19.4 Å². The van der Waals surface area contributed by atoms with Crippen molar-refractivity contribution < 1.29 is 9.90 Å². The predicted molar refractivity (Wildman–Crippen MR) is 70.5 cm³/mol. The SMILES string of the molecule is CN(CC1CC(Br)C1)C(=O)c1cccc(O)c1. The van der Waals surface area contributed by atoms with Crippen molar-refractivity contribution in [2.24, 2.45) is 5.92 Å². The number of carbonyl (C=O) groups is 1. The van der Waals surface area contributed by atoms with E-state index in [2.05, 4.69) is 15.9 Å². The Hall–Kier alpha value is -1.03. The van der Waals surface area contributed by atoms with Gasteiger partial charge in [-0.15, -0.1) is 0 Å². The summed E-state index contributed by atoms with van der Waals surface area (Å²) in [6.45, 7) is 0.788. The molecule has 0 radical (unpaired) electrons. The molecule has 0 aromatic heterocycles. The van der Waals surface area contributed by atoms with Gasteiger partial charge in [-0.3, -0.25) is 4.79 Å². The van der Waals surface area contributed by atoms with Crippen LogP contribution in [-0.2, 0) is 0 Å². The number of phenolic OH excluding ortho intramolecular Hbond substituents is 1. The fourth-order valence-corrected chi connectivity index (χ4v) is 3.19. The minimum Gasteiger partial charge on any atom is -0.508 e. The third kappa shape index (κ3) is 3.00. The molecule has 2 rings (SSSR count). The molecule has 1 fully saturated rings. The van der Waals surface area contributed by atoms with E-state index in [1.54, 1.807) is 23.1 Å². The predicted octanol–water partition coefficient (Wildman–Crippen LogP) is 2.64. The zero-order valence-electron chi connectivity index (χ0n) is 9.77. The third-order valence-electron chi connectivity index (χ3n) is 3.15. The molecule has 0 bridgehead atoms. The maximum Gasteiger partial charge on any atom is 0.253 e. The molecular formula is C13H16BrNO2. The van der Waals surface area contributed by atoms with Gasteiger partial charge in [0.1, 0.15) is 5.75 Å². The summed E-state index contributed by atoms with van der Waals surface area (Å²) in [5, 5.41) is 9.34. The number of phenols is 1. The van der Waals surface area contributed by atoms with Crippen LogP contribution < -0.4 is 0 Å². The van der Waals surface area contributed by atoms with Crippen LogP contribution in [0.4, 0.5) is 0 Å². The van der Waals surface area contributed by atoms with Crippen molar-refractivity contribution >= 4 is 21.8 Å². The number of hydrogen-bond donors (Lipinski definition) is 1. The van der Waals surface area contributed by atoms with Crippen LogP contribution in [0.25, 0.3) is 0 Å². The number of aromatic hydroxyl groups is 1. The number of amides is 1. The van der Waals surface area contributed by atoms with Gasteiger partial charge in [0.05, 0.1) is 0 Å². The first-order valence-electron chi connectivity index (χ1n) is 5.75. The van der Waals surface area contributed by atoms with E-state index in [-0.39, 0.29) is 11.7 Å². The highest BCUT2D eigenvalue weighted by Crippen LogP contribution is 2.33. The van der Waals surface area contributed by atoms with Crippen LogP contribution in [-0.4, -0.2) is 34.3 Å².